The fourth-order valence-corrected chi connectivity index (χ4v) is 4.40. The minimum atomic E-state index is -1.06. The fourth-order valence-electron chi connectivity index (χ4n) is 3.44. The average Bonchev–Trinajstić information content (AvgIpc) is 3.32. The Balaban J connectivity index is 1.63. The predicted molar refractivity (Wildman–Crippen MR) is 106 cm³/mol. The number of aliphatic hydroxyl groups excluding tert-OH is 1. The van der Waals surface area contributed by atoms with E-state index in [0.29, 0.717) is 12.3 Å². The number of benzene rings is 1. The number of carboxylic acid groups (broad SMARTS) is 1. The van der Waals surface area contributed by atoms with Crippen LogP contribution in [0, 0.1) is 5.92 Å². The Morgan fingerprint density at radius 3 is 2.62 bits per heavy atom. The monoisotopic (exact) mass is 371 g/mol. The van der Waals surface area contributed by atoms with Gasteiger partial charge in [-0.3, -0.25) is 0 Å². The summed E-state index contributed by atoms with van der Waals surface area (Å²) in [7, 11) is 0. The topological polar surface area (TPSA) is 69.6 Å². The summed E-state index contributed by atoms with van der Waals surface area (Å²) in [5.74, 6) is -0.381. The van der Waals surface area contributed by atoms with Crippen LogP contribution in [0.3, 0.4) is 0 Å². The summed E-state index contributed by atoms with van der Waals surface area (Å²) in [4.78, 5) is 13.5. The first-order valence-electron chi connectivity index (χ1n) is 9.16. The van der Waals surface area contributed by atoms with E-state index in [9.17, 15) is 15.0 Å². The van der Waals surface area contributed by atoms with Crippen LogP contribution in [0.1, 0.15) is 43.4 Å². The molecule has 0 bridgehead atoms. The second kappa shape index (κ2) is 9.01. The normalized spacial score (nSPS) is 16.6. The van der Waals surface area contributed by atoms with Crippen molar-refractivity contribution in [2.45, 2.75) is 44.8 Å². The molecule has 1 atom stereocenters. The summed E-state index contributed by atoms with van der Waals surface area (Å²) in [6.45, 7) is 0. The Kier molecular flexibility index (Phi) is 6.47. The van der Waals surface area contributed by atoms with Crippen LogP contribution in [0.2, 0.25) is 0 Å². The van der Waals surface area contributed by atoms with Gasteiger partial charge in [-0.25, -0.2) is 4.79 Å². The second-order valence-electron chi connectivity index (χ2n) is 6.82. The molecule has 0 radical (unpaired) electrons. The number of carboxylic acids is 1. The molecule has 0 aliphatic heterocycles. The van der Waals surface area contributed by atoms with Crippen molar-refractivity contribution in [2.24, 2.45) is 5.92 Å². The van der Waals surface area contributed by atoms with Gasteiger partial charge in [-0.2, -0.15) is 0 Å². The molecule has 3 N–H and O–H groups in total. The standard InChI is InChI=1S/C21H25NO3S/c23-20(13-10-15-6-4-5-7-15)22-18(21(24)25)14-17-11-12-19(26-17)16-8-2-1-3-9-16/h1-3,8-9,11-12,14-15,20,22-23H,4-7,10,13H2,(H,24,25)/b18-14-. The summed E-state index contributed by atoms with van der Waals surface area (Å²) < 4.78 is 0. The third-order valence-corrected chi connectivity index (χ3v) is 5.93. The van der Waals surface area contributed by atoms with E-state index < -0.39 is 12.2 Å². The van der Waals surface area contributed by atoms with Crippen LogP contribution >= 0.6 is 11.3 Å². The summed E-state index contributed by atoms with van der Waals surface area (Å²) in [6, 6.07) is 13.9. The van der Waals surface area contributed by atoms with E-state index in [2.05, 4.69) is 5.32 Å². The van der Waals surface area contributed by atoms with Gasteiger partial charge in [-0.05, 0) is 42.5 Å². The van der Waals surface area contributed by atoms with Gasteiger partial charge in [0.15, 0.2) is 0 Å². The molecule has 1 saturated carbocycles. The van der Waals surface area contributed by atoms with Gasteiger partial charge in [0, 0.05) is 9.75 Å². The molecule has 1 aromatic heterocycles. The van der Waals surface area contributed by atoms with Gasteiger partial charge in [0.05, 0.1) is 0 Å². The maximum Gasteiger partial charge on any atom is 0.352 e. The highest BCUT2D eigenvalue weighted by Crippen LogP contribution is 2.30. The maximum absolute atomic E-state index is 11.5. The molecule has 1 aromatic carbocycles. The predicted octanol–water partition coefficient (Wildman–Crippen LogP) is 4.72. The largest absolute Gasteiger partial charge is 0.477 e. The lowest BCUT2D eigenvalue weighted by atomic mass is 10.0. The SMILES string of the molecule is O=C(O)/C(=C/c1ccc(-c2ccccc2)s1)NC(O)CCC1CCCC1. The molecule has 1 heterocycles. The van der Waals surface area contributed by atoms with Crippen LogP contribution in [0.4, 0.5) is 0 Å². The summed E-state index contributed by atoms with van der Waals surface area (Å²) >= 11 is 1.53. The van der Waals surface area contributed by atoms with Crippen molar-refractivity contribution < 1.29 is 15.0 Å². The van der Waals surface area contributed by atoms with Crippen molar-refractivity contribution in [3.63, 3.8) is 0 Å². The third kappa shape index (κ3) is 5.19. The number of aliphatic carboxylic acids is 1. The van der Waals surface area contributed by atoms with E-state index in [1.165, 1.54) is 37.0 Å². The zero-order valence-corrected chi connectivity index (χ0v) is 15.5. The fraction of sp³-hybridized carbons (Fsp3) is 0.381. The number of nitrogens with one attached hydrogen (secondary N) is 1. The number of hydrogen-bond acceptors (Lipinski definition) is 4. The summed E-state index contributed by atoms with van der Waals surface area (Å²) in [5.41, 5.74) is 1.14. The molecule has 2 aromatic rings. The zero-order chi connectivity index (χ0) is 18.4. The molecule has 1 fully saturated rings. The highest BCUT2D eigenvalue weighted by molar-refractivity contribution is 7.16. The van der Waals surface area contributed by atoms with Gasteiger partial charge in [-0.15, -0.1) is 11.3 Å². The molecule has 0 amide bonds. The lowest BCUT2D eigenvalue weighted by molar-refractivity contribution is -0.133. The molecule has 26 heavy (non-hydrogen) atoms. The molecule has 0 spiro atoms. The van der Waals surface area contributed by atoms with Crippen LogP contribution in [-0.2, 0) is 4.79 Å². The van der Waals surface area contributed by atoms with E-state index in [4.69, 9.17) is 0 Å². The molecule has 4 nitrogen and oxygen atoms in total. The highest BCUT2D eigenvalue weighted by atomic mass is 32.1. The van der Waals surface area contributed by atoms with Gasteiger partial charge >= 0.3 is 5.97 Å². The van der Waals surface area contributed by atoms with Crippen LogP contribution in [0.25, 0.3) is 16.5 Å². The van der Waals surface area contributed by atoms with E-state index in [-0.39, 0.29) is 5.70 Å². The van der Waals surface area contributed by atoms with E-state index in [0.717, 1.165) is 21.7 Å². The van der Waals surface area contributed by atoms with Gasteiger partial charge < -0.3 is 15.5 Å². The molecule has 0 saturated heterocycles. The van der Waals surface area contributed by atoms with Crippen molar-refractivity contribution >= 4 is 23.4 Å². The molecule has 3 rings (SSSR count). The number of aliphatic hydroxyl groups is 1. The van der Waals surface area contributed by atoms with E-state index >= 15 is 0 Å². The first-order valence-corrected chi connectivity index (χ1v) is 9.98. The first kappa shape index (κ1) is 18.7. The number of hydrogen-bond donors (Lipinski definition) is 3. The minimum Gasteiger partial charge on any atom is -0.477 e. The molecule has 1 aliphatic rings. The first-order chi connectivity index (χ1) is 12.6. The number of carbonyl (C=O) groups is 1. The Labute approximate surface area is 158 Å². The van der Waals surface area contributed by atoms with Crippen LogP contribution in [0.15, 0.2) is 48.2 Å². The highest BCUT2D eigenvalue weighted by Gasteiger charge is 2.18. The van der Waals surface area contributed by atoms with Crippen molar-refractivity contribution in [1.82, 2.24) is 5.32 Å². The van der Waals surface area contributed by atoms with Crippen LogP contribution in [0.5, 0.6) is 0 Å². The van der Waals surface area contributed by atoms with Gasteiger partial charge in [-0.1, -0.05) is 56.0 Å². The molecule has 138 valence electrons. The van der Waals surface area contributed by atoms with E-state index in [1.807, 2.05) is 42.5 Å². The Morgan fingerprint density at radius 1 is 1.19 bits per heavy atom. The Morgan fingerprint density at radius 2 is 1.92 bits per heavy atom. The molecular formula is C21H25NO3S. The lowest BCUT2D eigenvalue weighted by Gasteiger charge is -2.16. The third-order valence-electron chi connectivity index (χ3n) is 4.85. The molecule has 1 unspecified atom stereocenters. The summed E-state index contributed by atoms with van der Waals surface area (Å²) in [6.07, 6.45) is 7.29. The van der Waals surface area contributed by atoms with Crippen LogP contribution < -0.4 is 5.32 Å². The lowest BCUT2D eigenvalue weighted by Crippen LogP contribution is -2.31. The second-order valence-corrected chi connectivity index (χ2v) is 7.93. The number of thiophene rings is 1. The quantitative estimate of drug-likeness (QED) is 0.464. The van der Waals surface area contributed by atoms with Crippen molar-refractivity contribution in [2.75, 3.05) is 0 Å². The maximum atomic E-state index is 11.5. The van der Waals surface area contributed by atoms with Crippen LogP contribution in [-0.4, -0.2) is 22.4 Å². The minimum absolute atomic E-state index is 0.0328. The molecule has 1 aliphatic carbocycles. The Bertz CT molecular complexity index is 748. The zero-order valence-electron chi connectivity index (χ0n) is 14.7. The smallest absolute Gasteiger partial charge is 0.352 e. The van der Waals surface area contributed by atoms with Gasteiger partial charge in [0.1, 0.15) is 11.9 Å². The van der Waals surface area contributed by atoms with Crippen molar-refractivity contribution in [3.05, 3.63) is 53.0 Å². The van der Waals surface area contributed by atoms with Crippen molar-refractivity contribution in [3.8, 4) is 10.4 Å². The molecular weight excluding hydrogens is 346 g/mol. The summed E-state index contributed by atoms with van der Waals surface area (Å²) in [5, 5.41) is 22.4. The Hall–Kier alpha value is -2.11. The van der Waals surface area contributed by atoms with E-state index in [1.54, 1.807) is 6.08 Å². The number of rotatable bonds is 8. The molecule has 5 heteroatoms. The van der Waals surface area contributed by atoms with Crippen molar-refractivity contribution in [1.29, 1.82) is 0 Å². The van der Waals surface area contributed by atoms with Gasteiger partial charge in [0.25, 0.3) is 0 Å². The average molecular weight is 372 g/mol. The van der Waals surface area contributed by atoms with Gasteiger partial charge in [0.2, 0.25) is 0 Å².